The van der Waals surface area contributed by atoms with E-state index in [9.17, 15) is 4.79 Å². The smallest absolute Gasteiger partial charge is 0.229 e. The maximum absolute atomic E-state index is 12.5. The number of carbonyl (C=O) groups excluding carboxylic acids is 1. The fourth-order valence-corrected chi connectivity index (χ4v) is 4.23. The van der Waals surface area contributed by atoms with Gasteiger partial charge in [-0.3, -0.25) is 4.79 Å². The van der Waals surface area contributed by atoms with E-state index < -0.39 is 0 Å². The van der Waals surface area contributed by atoms with Gasteiger partial charge in [-0.2, -0.15) is 4.98 Å². The molecular weight excluding hydrogens is 318 g/mol. The molecule has 1 amide bonds. The van der Waals surface area contributed by atoms with E-state index in [1.807, 2.05) is 0 Å². The molecular formula is C19H29N3O3. The monoisotopic (exact) mass is 347 g/mol. The lowest BCUT2D eigenvalue weighted by molar-refractivity contribution is -0.140. The van der Waals surface area contributed by atoms with Gasteiger partial charge in [0.25, 0.3) is 0 Å². The van der Waals surface area contributed by atoms with Crippen LogP contribution in [0.2, 0.25) is 0 Å². The Balaban J connectivity index is 1.26. The zero-order chi connectivity index (χ0) is 17.1. The average molecular weight is 347 g/mol. The molecule has 6 nitrogen and oxygen atoms in total. The Morgan fingerprint density at radius 2 is 1.96 bits per heavy atom. The molecule has 4 rings (SSSR count). The summed E-state index contributed by atoms with van der Waals surface area (Å²) in [6.45, 7) is 3.44. The second-order valence-corrected chi connectivity index (χ2v) is 7.89. The third-order valence-electron chi connectivity index (χ3n) is 6.12. The van der Waals surface area contributed by atoms with E-state index in [0.717, 1.165) is 83.0 Å². The summed E-state index contributed by atoms with van der Waals surface area (Å²) in [5.41, 5.74) is 0. The average Bonchev–Trinajstić information content (AvgIpc) is 3.08. The molecule has 0 radical (unpaired) electrons. The Morgan fingerprint density at radius 1 is 1.12 bits per heavy atom. The lowest BCUT2D eigenvalue weighted by Crippen LogP contribution is -2.44. The SMILES string of the molecule is O=C(C1CCC1)N1CCCC(CCc2noc(C3CCOCC3)n2)C1. The summed E-state index contributed by atoms with van der Waals surface area (Å²) >= 11 is 0. The number of aromatic nitrogens is 2. The van der Waals surface area contributed by atoms with Crippen molar-refractivity contribution in [1.29, 1.82) is 0 Å². The second kappa shape index (κ2) is 7.85. The molecule has 0 N–H and O–H groups in total. The zero-order valence-electron chi connectivity index (χ0n) is 15.0. The summed E-state index contributed by atoms with van der Waals surface area (Å²) < 4.78 is 10.9. The van der Waals surface area contributed by atoms with E-state index in [-0.39, 0.29) is 0 Å². The summed E-state index contributed by atoms with van der Waals surface area (Å²) in [7, 11) is 0. The molecule has 1 aromatic rings. The first-order valence-corrected chi connectivity index (χ1v) is 9.98. The van der Waals surface area contributed by atoms with Crippen molar-refractivity contribution in [3.63, 3.8) is 0 Å². The third kappa shape index (κ3) is 4.05. The van der Waals surface area contributed by atoms with Crippen molar-refractivity contribution in [3.05, 3.63) is 11.7 Å². The molecule has 138 valence electrons. The Morgan fingerprint density at radius 3 is 2.72 bits per heavy atom. The molecule has 0 spiro atoms. The largest absolute Gasteiger partial charge is 0.381 e. The number of rotatable bonds is 5. The molecule has 1 aromatic heterocycles. The molecule has 3 aliphatic rings. The molecule has 2 aliphatic heterocycles. The Labute approximate surface area is 149 Å². The van der Waals surface area contributed by atoms with Crippen molar-refractivity contribution < 1.29 is 14.1 Å². The van der Waals surface area contributed by atoms with E-state index in [1.165, 1.54) is 12.8 Å². The zero-order valence-corrected chi connectivity index (χ0v) is 15.0. The first-order valence-electron chi connectivity index (χ1n) is 9.98. The minimum absolute atomic E-state index is 0.318. The van der Waals surface area contributed by atoms with Gasteiger partial charge in [0.2, 0.25) is 11.8 Å². The van der Waals surface area contributed by atoms with Gasteiger partial charge in [0.05, 0.1) is 0 Å². The summed E-state index contributed by atoms with van der Waals surface area (Å²) in [5, 5.41) is 4.17. The molecule has 3 fully saturated rings. The van der Waals surface area contributed by atoms with Gasteiger partial charge in [0.1, 0.15) is 0 Å². The van der Waals surface area contributed by atoms with Crippen LogP contribution in [-0.2, 0) is 16.0 Å². The molecule has 0 aromatic carbocycles. The number of aryl methyl sites for hydroxylation is 1. The molecule has 1 aliphatic carbocycles. The van der Waals surface area contributed by atoms with Gasteiger partial charge in [-0.1, -0.05) is 11.6 Å². The fraction of sp³-hybridized carbons (Fsp3) is 0.842. The van der Waals surface area contributed by atoms with Crippen LogP contribution in [0.1, 0.15) is 69.0 Å². The molecule has 6 heteroatoms. The van der Waals surface area contributed by atoms with Crippen LogP contribution < -0.4 is 0 Å². The molecule has 0 bridgehead atoms. The lowest BCUT2D eigenvalue weighted by Gasteiger charge is -2.37. The van der Waals surface area contributed by atoms with E-state index in [2.05, 4.69) is 15.0 Å². The van der Waals surface area contributed by atoms with Gasteiger partial charge in [-0.25, -0.2) is 0 Å². The van der Waals surface area contributed by atoms with Crippen molar-refractivity contribution in [1.82, 2.24) is 15.0 Å². The minimum atomic E-state index is 0.318. The Kier molecular flexibility index (Phi) is 5.34. The first kappa shape index (κ1) is 17.0. The van der Waals surface area contributed by atoms with Crippen LogP contribution in [0.5, 0.6) is 0 Å². The van der Waals surface area contributed by atoms with Crippen molar-refractivity contribution in [3.8, 4) is 0 Å². The quantitative estimate of drug-likeness (QED) is 0.819. The Bertz CT molecular complexity index is 578. The van der Waals surface area contributed by atoms with Gasteiger partial charge in [-0.05, 0) is 50.9 Å². The van der Waals surface area contributed by atoms with Crippen molar-refractivity contribution in [2.24, 2.45) is 11.8 Å². The van der Waals surface area contributed by atoms with Gasteiger partial charge >= 0.3 is 0 Å². The highest BCUT2D eigenvalue weighted by Gasteiger charge is 2.32. The van der Waals surface area contributed by atoms with Crippen molar-refractivity contribution >= 4 is 5.91 Å². The highest BCUT2D eigenvalue weighted by atomic mass is 16.5. The predicted octanol–water partition coefficient (Wildman–Crippen LogP) is 2.93. The molecule has 1 atom stereocenters. The van der Waals surface area contributed by atoms with Crippen molar-refractivity contribution in [2.75, 3.05) is 26.3 Å². The van der Waals surface area contributed by atoms with E-state index in [0.29, 0.717) is 23.7 Å². The maximum Gasteiger partial charge on any atom is 0.229 e. The van der Waals surface area contributed by atoms with E-state index in [1.54, 1.807) is 0 Å². The van der Waals surface area contributed by atoms with E-state index >= 15 is 0 Å². The number of amides is 1. The highest BCUT2D eigenvalue weighted by molar-refractivity contribution is 5.79. The second-order valence-electron chi connectivity index (χ2n) is 7.89. The van der Waals surface area contributed by atoms with Crippen LogP contribution in [0.25, 0.3) is 0 Å². The molecule has 3 heterocycles. The van der Waals surface area contributed by atoms with Gasteiger partial charge in [-0.15, -0.1) is 0 Å². The van der Waals surface area contributed by atoms with Crippen LogP contribution in [-0.4, -0.2) is 47.3 Å². The summed E-state index contributed by atoms with van der Waals surface area (Å²) in [6, 6.07) is 0. The van der Waals surface area contributed by atoms with Crippen LogP contribution in [0, 0.1) is 11.8 Å². The summed E-state index contributed by atoms with van der Waals surface area (Å²) in [5.74, 6) is 3.26. The number of nitrogens with zero attached hydrogens (tertiary/aromatic N) is 3. The molecule has 2 saturated heterocycles. The maximum atomic E-state index is 12.5. The number of hydrogen-bond donors (Lipinski definition) is 0. The minimum Gasteiger partial charge on any atom is -0.381 e. The summed E-state index contributed by atoms with van der Waals surface area (Å²) in [6.07, 6.45) is 9.59. The van der Waals surface area contributed by atoms with Crippen LogP contribution in [0.15, 0.2) is 4.52 Å². The number of carbonyl (C=O) groups is 1. The van der Waals surface area contributed by atoms with Crippen LogP contribution >= 0.6 is 0 Å². The molecule has 25 heavy (non-hydrogen) atoms. The number of piperidine rings is 1. The van der Waals surface area contributed by atoms with E-state index in [4.69, 9.17) is 9.26 Å². The number of likely N-dealkylation sites (tertiary alicyclic amines) is 1. The Hall–Kier alpha value is -1.43. The van der Waals surface area contributed by atoms with Crippen LogP contribution in [0.4, 0.5) is 0 Å². The molecule has 1 unspecified atom stereocenters. The van der Waals surface area contributed by atoms with Crippen molar-refractivity contribution in [2.45, 2.75) is 63.7 Å². The van der Waals surface area contributed by atoms with Crippen LogP contribution in [0.3, 0.4) is 0 Å². The standard InChI is InChI=1S/C19H29N3O3/c23-19(16-4-1-5-16)22-10-2-3-14(13-22)6-7-17-20-18(25-21-17)15-8-11-24-12-9-15/h14-16H,1-13H2. The predicted molar refractivity (Wildman–Crippen MR) is 92.1 cm³/mol. The fourth-order valence-electron chi connectivity index (χ4n) is 4.23. The summed E-state index contributed by atoms with van der Waals surface area (Å²) in [4.78, 5) is 19.2. The molecule has 1 saturated carbocycles. The number of hydrogen-bond acceptors (Lipinski definition) is 5. The van der Waals surface area contributed by atoms with Gasteiger partial charge < -0.3 is 14.2 Å². The third-order valence-corrected chi connectivity index (χ3v) is 6.12. The highest BCUT2D eigenvalue weighted by Crippen LogP contribution is 2.31. The van der Waals surface area contributed by atoms with Gasteiger partial charge in [0, 0.05) is 44.6 Å². The normalized spacial score (nSPS) is 25.8. The first-order chi connectivity index (χ1) is 12.3. The lowest BCUT2D eigenvalue weighted by atomic mass is 9.83. The number of ether oxygens (including phenoxy) is 1. The topological polar surface area (TPSA) is 68.5 Å². The van der Waals surface area contributed by atoms with Gasteiger partial charge in [0.15, 0.2) is 5.82 Å².